The topological polar surface area (TPSA) is 72.0 Å². The van der Waals surface area contributed by atoms with E-state index in [0.717, 1.165) is 10.9 Å². The highest BCUT2D eigenvalue weighted by molar-refractivity contribution is 5.88. The number of hydrogen-bond donors (Lipinski definition) is 1. The SMILES string of the molecule is COc1cccc(C=Nc2ccc3c(C)cc(=O)oc3c2)c1O. The largest absolute Gasteiger partial charge is 0.504 e. The van der Waals surface area contributed by atoms with Crippen molar-refractivity contribution >= 4 is 22.9 Å². The van der Waals surface area contributed by atoms with Crippen molar-refractivity contribution in [3.05, 3.63) is 64.0 Å². The van der Waals surface area contributed by atoms with Crippen LogP contribution in [0.5, 0.6) is 11.5 Å². The molecule has 0 fully saturated rings. The van der Waals surface area contributed by atoms with Gasteiger partial charge in [0.25, 0.3) is 0 Å². The van der Waals surface area contributed by atoms with E-state index in [9.17, 15) is 9.90 Å². The molecule has 3 rings (SSSR count). The number of hydrogen-bond acceptors (Lipinski definition) is 5. The first-order valence-corrected chi connectivity index (χ1v) is 7.03. The molecule has 1 N–H and O–H groups in total. The molecule has 23 heavy (non-hydrogen) atoms. The minimum absolute atomic E-state index is 0.0296. The quantitative estimate of drug-likeness (QED) is 0.593. The first kappa shape index (κ1) is 14.8. The highest BCUT2D eigenvalue weighted by atomic mass is 16.5. The molecule has 0 unspecified atom stereocenters. The van der Waals surface area contributed by atoms with Crippen LogP contribution in [0.1, 0.15) is 11.1 Å². The molecular weight excluding hydrogens is 294 g/mol. The summed E-state index contributed by atoms with van der Waals surface area (Å²) in [6, 6.07) is 12.0. The van der Waals surface area contributed by atoms with Crippen LogP contribution in [0.4, 0.5) is 5.69 Å². The van der Waals surface area contributed by atoms with E-state index in [1.165, 1.54) is 19.4 Å². The normalized spacial score (nSPS) is 11.2. The van der Waals surface area contributed by atoms with E-state index >= 15 is 0 Å². The van der Waals surface area contributed by atoms with E-state index in [1.54, 1.807) is 24.3 Å². The molecule has 0 saturated carbocycles. The Hall–Kier alpha value is -3.08. The maximum Gasteiger partial charge on any atom is 0.336 e. The molecule has 0 spiro atoms. The van der Waals surface area contributed by atoms with Crippen LogP contribution in [0.25, 0.3) is 11.0 Å². The molecule has 5 heteroatoms. The second kappa shape index (κ2) is 5.96. The number of nitrogens with zero attached hydrogens (tertiary/aromatic N) is 1. The molecule has 0 atom stereocenters. The molecule has 0 aliphatic heterocycles. The van der Waals surface area contributed by atoms with Gasteiger partial charge in [-0.3, -0.25) is 4.99 Å². The van der Waals surface area contributed by atoms with Gasteiger partial charge in [-0.05, 0) is 36.8 Å². The number of ether oxygens (including phenoxy) is 1. The molecule has 2 aromatic carbocycles. The Kier molecular flexibility index (Phi) is 3.85. The van der Waals surface area contributed by atoms with Crippen molar-refractivity contribution in [2.24, 2.45) is 4.99 Å². The molecule has 0 saturated heterocycles. The Labute approximate surface area is 132 Å². The van der Waals surface area contributed by atoms with Crippen molar-refractivity contribution in [1.82, 2.24) is 0 Å². The van der Waals surface area contributed by atoms with Gasteiger partial charge in [0.1, 0.15) is 5.58 Å². The molecule has 3 aromatic rings. The van der Waals surface area contributed by atoms with Crippen LogP contribution in [0.3, 0.4) is 0 Å². The summed E-state index contributed by atoms with van der Waals surface area (Å²) in [7, 11) is 1.49. The lowest BCUT2D eigenvalue weighted by Crippen LogP contribution is -1.97. The van der Waals surface area contributed by atoms with Crippen molar-refractivity contribution < 1.29 is 14.3 Å². The fourth-order valence-corrected chi connectivity index (χ4v) is 2.35. The lowest BCUT2D eigenvalue weighted by atomic mass is 10.1. The van der Waals surface area contributed by atoms with Crippen molar-refractivity contribution in [3.63, 3.8) is 0 Å². The third-order valence-electron chi connectivity index (χ3n) is 3.54. The molecule has 1 heterocycles. The predicted molar refractivity (Wildman–Crippen MR) is 89.1 cm³/mol. The third-order valence-corrected chi connectivity index (χ3v) is 3.54. The van der Waals surface area contributed by atoms with Crippen LogP contribution in [0, 0.1) is 6.92 Å². The minimum atomic E-state index is -0.387. The van der Waals surface area contributed by atoms with Crippen molar-refractivity contribution in [1.29, 1.82) is 0 Å². The van der Waals surface area contributed by atoms with Gasteiger partial charge in [0.15, 0.2) is 11.5 Å². The van der Waals surface area contributed by atoms with Gasteiger partial charge in [-0.25, -0.2) is 4.79 Å². The van der Waals surface area contributed by atoms with E-state index in [0.29, 0.717) is 22.6 Å². The number of aliphatic imine (C=N–C) groups is 1. The van der Waals surface area contributed by atoms with Gasteiger partial charge >= 0.3 is 5.63 Å². The zero-order valence-electron chi connectivity index (χ0n) is 12.7. The molecule has 0 radical (unpaired) electrons. The first-order chi connectivity index (χ1) is 11.1. The number of phenolic OH excluding ortho intramolecular Hbond substituents is 1. The van der Waals surface area contributed by atoms with Gasteiger partial charge < -0.3 is 14.3 Å². The van der Waals surface area contributed by atoms with E-state index in [2.05, 4.69) is 4.99 Å². The van der Waals surface area contributed by atoms with Crippen molar-refractivity contribution in [3.8, 4) is 11.5 Å². The number of phenols is 1. The second-order valence-electron chi connectivity index (χ2n) is 5.09. The van der Waals surface area contributed by atoms with Gasteiger partial charge in [0.2, 0.25) is 0 Å². The predicted octanol–water partition coefficient (Wildman–Crippen LogP) is 3.57. The molecule has 116 valence electrons. The van der Waals surface area contributed by atoms with E-state index in [1.807, 2.05) is 19.1 Å². The highest BCUT2D eigenvalue weighted by Crippen LogP contribution is 2.29. The van der Waals surface area contributed by atoms with Crippen LogP contribution in [0.2, 0.25) is 0 Å². The maximum absolute atomic E-state index is 11.5. The van der Waals surface area contributed by atoms with Crippen molar-refractivity contribution in [2.45, 2.75) is 6.92 Å². The fraction of sp³-hybridized carbons (Fsp3) is 0.111. The minimum Gasteiger partial charge on any atom is -0.504 e. The van der Waals surface area contributed by atoms with Crippen LogP contribution in [0.15, 0.2) is 56.7 Å². The number of aryl methyl sites for hydroxylation is 1. The lowest BCUT2D eigenvalue weighted by molar-refractivity contribution is 0.373. The zero-order chi connectivity index (χ0) is 16.4. The molecule has 0 aliphatic rings. The van der Waals surface area contributed by atoms with E-state index in [-0.39, 0.29) is 11.4 Å². The lowest BCUT2D eigenvalue weighted by Gasteiger charge is -2.05. The Balaban J connectivity index is 2.00. The summed E-state index contributed by atoms with van der Waals surface area (Å²) >= 11 is 0. The number of aromatic hydroxyl groups is 1. The highest BCUT2D eigenvalue weighted by Gasteiger charge is 2.06. The van der Waals surface area contributed by atoms with Gasteiger partial charge in [-0.15, -0.1) is 0 Å². The van der Waals surface area contributed by atoms with Gasteiger partial charge in [-0.1, -0.05) is 6.07 Å². The number of benzene rings is 2. The van der Waals surface area contributed by atoms with Gasteiger partial charge in [0.05, 0.1) is 12.8 Å². The number of para-hydroxylation sites is 1. The summed E-state index contributed by atoms with van der Waals surface area (Å²) in [4.78, 5) is 15.8. The molecule has 0 aliphatic carbocycles. The number of fused-ring (bicyclic) bond motifs is 1. The van der Waals surface area contributed by atoms with E-state index < -0.39 is 0 Å². The van der Waals surface area contributed by atoms with Crippen LogP contribution < -0.4 is 10.4 Å². The van der Waals surface area contributed by atoms with Gasteiger partial charge in [0, 0.05) is 29.3 Å². The third kappa shape index (κ3) is 2.94. The summed E-state index contributed by atoms with van der Waals surface area (Å²) in [5, 5.41) is 10.9. The van der Waals surface area contributed by atoms with Crippen LogP contribution in [-0.2, 0) is 0 Å². The Bertz CT molecular complexity index is 957. The molecule has 0 amide bonds. The first-order valence-electron chi connectivity index (χ1n) is 7.03. The molecule has 5 nitrogen and oxygen atoms in total. The summed E-state index contributed by atoms with van der Waals surface area (Å²) in [6.07, 6.45) is 1.53. The monoisotopic (exact) mass is 309 g/mol. The zero-order valence-corrected chi connectivity index (χ0v) is 12.7. The smallest absolute Gasteiger partial charge is 0.336 e. The average Bonchev–Trinajstić information content (AvgIpc) is 2.53. The number of methoxy groups -OCH3 is 1. The second-order valence-corrected chi connectivity index (χ2v) is 5.09. The standard InChI is InChI=1S/C18H15NO4/c1-11-8-17(20)23-16-9-13(6-7-14(11)16)19-10-12-4-3-5-15(22-2)18(12)21/h3-10,21H,1-2H3. The van der Waals surface area contributed by atoms with Crippen LogP contribution in [-0.4, -0.2) is 18.4 Å². The molecule has 1 aromatic heterocycles. The van der Waals surface area contributed by atoms with Crippen molar-refractivity contribution in [2.75, 3.05) is 7.11 Å². The maximum atomic E-state index is 11.5. The Morgan fingerprint density at radius 3 is 2.83 bits per heavy atom. The fourth-order valence-electron chi connectivity index (χ4n) is 2.35. The van der Waals surface area contributed by atoms with Gasteiger partial charge in [-0.2, -0.15) is 0 Å². The Morgan fingerprint density at radius 1 is 1.22 bits per heavy atom. The summed E-state index contributed by atoms with van der Waals surface area (Å²) in [6.45, 7) is 1.86. The molecular formula is C18H15NO4. The average molecular weight is 309 g/mol. The Morgan fingerprint density at radius 2 is 2.04 bits per heavy atom. The summed E-state index contributed by atoms with van der Waals surface area (Å²) < 4.78 is 10.3. The molecule has 0 bridgehead atoms. The summed E-state index contributed by atoms with van der Waals surface area (Å²) in [5.41, 5.74) is 2.11. The van der Waals surface area contributed by atoms with E-state index in [4.69, 9.17) is 9.15 Å². The number of rotatable bonds is 3. The van der Waals surface area contributed by atoms with Crippen LogP contribution >= 0.6 is 0 Å². The summed E-state index contributed by atoms with van der Waals surface area (Å²) in [5.74, 6) is 0.413.